The maximum Gasteiger partial charge on any atom is 0.280 e. The molecule has 1 heterocycles. The molecular formula is C11H7ClN4O. The Morgan fingerprint density at radius 3 is 2.59 bits per heavy atom. The molecule has 0 aliphatic rings. The van der Waals surface area contributed by atoms with Crippen molar-refractivity contribution >= 4 is 23.3 Å². The van der Waals surface area contributed by atoms with Crippen molar-refractivity contribution in [3.8, 4) is 6.07 Å². The third-order valence-electron chi connectivity index (χ3n) is 2.21. The molecule has 0 amide bonds. The Bertz CT molecular complexity index is 609. The van der Waals surface area contributed by atoms with Crippen LogP contribution in [0.15, 0.2) is 30.5 Å². The van der Waals surface area contributed by atoms with Gasteiger partial charge in [-0.1, -0.05) is 11.6 Å². The van der Waals surface area contributed by atoms with E-state index in [1.165, 1.54) is 6.20 Å². The molecule has 2 aromatic rings. The van der Waals surface area contributed by atoms with Gasteiger partial charge in [0.25, 0.3) is 5.91 Å². The monoisotopic (exact) mass is 246 g/mol. The highest BCUT2D eigenvalue weighted by Crippen LogP contribution is 2.14. The number of nitrogens with two attached hydrogens (primary N) is 1. The zero-order chi connectivity index (χ0) is 12.4. The van der Waals surface area contributed by atoms with Crippen molar-refractivity contribution in [1.82, 2.24) is 9.78 Å². The molecule has 2 N–H and O–H groups in total. The average molecular weight is 247 g/mol. The molecule has 1 aromatic heterocycles. The second kappa shape index (κ2) is 4.28. The van der Waals surface area contributed by atoms with E-state index in [0.717, 1.165) is 4.68 Å². The van der Waals surface area contributed by atoms with E-state index in [9.17, 15) is 4.79 Å². The van der Waals surface area contributed by atoms with Gasteiger partial charge in [0.15, 0.2) is 0 Å². The van der Waals surface area contributed by atoms with Gasteiger partial charge in [0.2, 0.25) is 0 Å². The highest BCUT2D eigenvalue weighted by atomic mass is 35.5. The van der Waals surface area contributed by atoms with Gasteiger partial charge in [-0.3, -0.25) is 4.79 Å². The van der Waals surface area contributed by atoms with Gasteiger partial charge in [0.1, 0.15) is 17.5 Å². The summed E-state index contributed by atoms with van der Waals surface area (Å²) >= 11 is 5.72. The molecule has 0 fully saturated rings. The van der Waals surface area contributed by atoms with E-state index in [0.29, 0.717) is 10.6 Å². The van der Waals surface area contributed by atoms with E-state index in [2.05, 4.69) is 5.10 Å². The Kier molecular flexibility index (Phi) is 2.81. The lowest BCUT2D eigenvalue weighted by atomic mass is 10.2. The van der Waals surface area contributed by atoms with Crippen molar-refractivity contribution in [3.05, 3.63) is 46.6 Å². The molecule has 2 rings (SSSR count). The standard InChI is InChI=1S/C11H7ClN4O/c12-9-3-1-7(2-4-9)11(17)16-10(14)8(5-13)6-15-16/h1-4,6H,14H2. The number of carbonyl (C=O) groups is 1. The topological polar surface area (TPSA) is 84.7 Å². The molecule has 0 unspecified atom stereocenters. The highest BCUT2D eigenvalue weighted by Gasteiger charge is 2.15. The highest BCUT2D eigenvalue weighted by molar-refractivity contribution is 6.30. The van der Waals surface area contributed by atoms with Crippen molar-refractivity contribution in [1.29, 1.82) is 5.26 Å². The number of benzene rings is 1. The summed E-state index contributed by atoms with van der Waals surface area (Å²) in [4.78, 5) is 12.0. The van der Waals surface area contributed by atoms with Gasteiger partial charge in [-0.05, 0) is 24.3 Å². The predicted molar refractivity (Wildman–Crippen MR) is 62.5 cm³/mol. The number of nitrogens with zero attached hydrogens (tertiary/aromatic N) is 3. The fourth-order valence-electron chi connectivity index (χ4n) is 1.32. The number of anilines is 1. The van der Waals surface area contributed by atoms with Crippen LogP contribution in [0.1, 0.15) is 15.9 Å². The van der Waals surface area contributed by atoms with Crippen LogP contribution in [0.5, 0.6) is 0 Å². The van der Waals surface area contributed by atoms with Gasteiger partial charge in [-0.15, -0.1) is 0 Å². The quantitative estimate of drug-likeness (QED) is 0.830. The summed E-state index contributed by atoms with van der Waals surface area (Å²) in [7, 11) is 0. The van der Waals surface area contributed by atoms with Crippen LogP contribution in [0.4, 0.5) is 5.82 Å². The van der Waals surface area contributed by atoms with Crippen LogP contribution in [0.3, 0.4) is 0 Å². The number of aromatic nitrogens is 2. The molecule has 0 radical (unpaired) electrons. The number of rotatable bonds is 1. The molecule has 5 nitrogen and oxygen atoms in total. The van der Waals surface area contributed by atoms with Gasteiger partial charge >= 0.3 is 0 Å². The van der Waals surface area contributed by atoms with Crippen LogP contribution in [0.2, 0.25) is 5.02 Å². The lowest BCUT2D eigenvalue weighted by molar-refractivity contribution is 0.0948. The second-order valence-corrected chi connectivity index (χ2v) is 3.72. The fraction of sp³-hybridized carbons (Fsp3) is 0. The molecular weight excluding hydrogens is 240 g/mol. The minimum atomic E-state index is -0.402. The summed E-state index contributed by atoms with van der Waals surface area (Å²) in [5.41, 5.74) is 6.18. The second-order valence-electron chi connectivity index (χ2n) is 3.28. The molecule has 17 heavy (non-hydrogen) atoms. The van der Waals surface area contributed by atoms with E-state index in [1.54, 1.807) is 24.3 Å². The summed E-state index contributed by atoms with van der Waals surface area (Å²) < 4.78 is 0.988. The number of halogens is 1. The Morgan fingerprint density at radius 2 is 2.06 bits per heavy atom. The van der Waals surface area contributed by atoms with Gasteiger partial charge in [0.05, 0.1) is 6.20 Å². The molecule has 0 atom stereocenters. The first-order valence-corrected chi connectivity index (χ1v) is 5.05. The maximum absolute atomic E-state index is 12.0. The van der Waals surface area contributed by atoms with E-state index >= 15 is 0 Å². The van der Waals surface area contributed by atoms with Gasteiger partial charge in [-0.25, -0.2) is 0 Å². The average Bonchev–Trinajstić information content (AvgIpc) is 2.70. The van der Waals surface area contributed by atoms with Crippen molar-refractivity contribution in [2.24, 2.45) is 0 Å². The van der Waals surface area contributed by atoms with Gasteiger partial charge in [-0.2, -0.15) is 15.0 Å². The lowest BCUT2D eigenvalue weighted by Gasteiger charge is -2.02. The first-order chi connectivity index (χ1) is 8.13. The number of carbonyl (C=O) groups excluding carboxylic acids is 1. The summed E-state index contributed by atoms with van der Waals surface area (Å²) in [5.74, 6) is -0.367. The van der Waals surface area contributed by atoms with Crippen molar-refractivity contribution in [3.63, 3.8) is 0 Å². The molecule has 0 saturated carbocycles. The number of nitriles is 1. The number of nitrogen functional groups attached to an aromatic ring is 1. The smallest absolute Gasteiger partial charge is 0.280 e. The van der Waals surface area contributed by atoms with E-state index in [4.69, 9.17) is 22.6 Å². The van der Waals surface area contributed by atoms with E-state index in [1.807, 2.05) is 6.07 Å². The first-order valence-electron chi connectivity index (χ1n) is 4.67. The SMILES string of the molecule is N#Cc1cnn(C(=O)c2ccc(Cl)cc2)c1N. The number of hydrogen-bond acceptors (Lipinski definition) is 4. The Hall–Kier alpha value is -2.32. The largest absolute Gasteiger partial charge is 0.382 e. The minimum absolute atomic E-state index is 0.0347. The zero-order valence-corrected chi connectivity index (χ0v) is 9.35. The van der Waals surface area contributed by atoms with Crippen LogP contribution in [0.25, 0.3) is 0 Å². The molecule has 0 aliphatic carbocycles. The molecule has 0 spiro atoms. The fourth-order valence-corrected chi connectivity index (χ4v) is 1.45. The lowest BCUT2D eigenvalue weighted by Crippen LogP contribution is -2.16. The zero-order valence-electron chi connectivity index (χ0n) is 8.59. The molecule has 0 bridgehead atoms. The summed E-state index contributed by atoms with van der Waals surface area (Å²) in [6.07, 6.45) is 1.25. The Balaban J connectivity index is 2.41. The van der Waals surface area contributed by atoms with Gasteiger partial charge in [0, 0.05) is 10.6 Å². The van der Waals surface area contributed by atoms with Crippen LogP contribution < -0.4 is 5.73 Å². The van der Waals surface area contributed by atoms with Gasteiger partial charge < -0.3 is 5.73 Å². The van der Waals surface area contributed by atoms with Crippen LogP contribution >= 0.6 is 11.6 Å². The predicted octanol–water partition coefficient (Wildman–Crippen LogP) is 1.68. The van der Waals surface area contributed by atoms with Crippen molar-refractivity contribution in [2.75, 3.05) is 5.73 Å². The van der Waals surface area contributed by atoms with Crippen LogP contribution in [0, 0.1) is 11.3 Å². The normalized spacial score (nSPS) is 9.88. The van der Waals surface area contributed by atoms with Crippen molar-refractivity contribution < 1.29 is 4.79 Å². The Labute approximate surface area is 102 Å². The summed E-state index contributed by atoms with van der Waals surface area (Å²) in [6.45, 7) is 0. The molecule has 0 saturated heterocycles. The maximum atomic E-state index is 12.0. The summed E-state index contributed by atoms with van der Waals surface area (Å²) in [5, 5.41) is 13.0. The first kappa shape index (κ1) is 11.2. The Morgan fingerprint density at radius 1 is 1.41 bits per heavy atom. The van der Waals surface area contributed by atoms with E-state index in [-0.39, 0.29) is 11.4 Å². The molecule has 6 heteroatoms. The molecule has 0 aliphatic heterocycles. The number of hydrogen-bond donors (Lipinski definition) is 1. The minimum Gasteiger partial charge on any atom is -0.382 e. The molecule has 1 aromatic carbocycles. The summed E-state index contributed by atoms with van der Waals surface area (Å²) in [6, 6.07) is 8.18. The molecule has 84 valence electrons. The van der Waals surface area contributed by atoms with Crippen molar-refractivity contribution in [2.45, 2.75) is 0 Å². The van der Waals surface area contributed by atoms with E-state index < -0.39 is 5.91 Å². The third-order valence-corrected chi connectivity index (χ3v) is 2.46. The van der Waals surface area contributed by atoms with Crippen LogP contribution in [-0.2, 0) is 0 Å². The third kappa shape index (κ3) is 1.98. The van der Waals surface area contributed by atoms with Crippen LogP contribution in [-0.4, -0.2) is 15.7 Å².